The number of amides is 1. The van der Waals surface area contributed by atoms with Crippen LogP contribution in [0.15, 0.2) is 28.8 Å². The summed E-state index contributed by atoms with van der Waals surface area (Å²) >= 11 is 0. The first-order valence-corrected chi connectivity index (χ1v) is 8.87. The Kier molecular flexibility index (Phi) is 4.28. The molecular weight excluding hydrogens is 356 g/mol. The summed E-state index contributed by atoms with van der Waals surface area (Å²) in [5, 5.41) is 16.3. The highest BCUT2D eigenvalue weighted by atomic mass is 16.3. The van der Waals surface area contributed by atoms with E-state index in [4.69, 9.17) is 9.68 Å². The highest BCUT2D eigenvalue weighted by Gasteiger charge is 2.15. The topological polar surface area (TPSA) is 109 Å². The maximum atomic E-state index is 12.4. The third-order valence-electron chi connectivity index (χ3n) is 4.71. The van der Waals surface area contributed by atoms with E-state index in [1.807, 2.05) is 13.8 Å². The van der Waals surface area contributed by atoms with Crippen molar-refractivity contribution >= 4 is 28.3 Å². The van der Waals surface area contributed by atoms with Gasteiger partial charge in [0, 0.05) is 30.4 Å². The molecule has 1 amide bonds. The fourth-order valence-corrected chi connectivity index (χ4v) is 3.33. The molecule has 0 aliphatic heterocycles. The minimum Gasteiger partial charge on any atom is -0.441 e. The number of nitrogens with one attached hydrogen (secondary N) is 1. The molecule has 3 heterocycles. The SMILES string of the molecule is Cc1nc2cc(NC(=O)CCc3c(C)nc4c(C#N)cnn4c3C)ccc2o1. The molecule has 28 heavy (non-hydrogen) atoms. The van der Waals surface area contributed by atoms with Gasteiger partial charge in [-0.25, -0.2) is 14.5 Å². The summed E-state index contributed by atoms with van der Waals surface area (Å²) in [6.07, 6.45) is 2.34. The minimum atomic E-state index is -0.100. The van der Waals surface area contributed by atoms with E-state index < -0.39 is 0 Å². The third kappa shape index (κ3) is 3.07. The first-order valence-electron chi connectivity index (χ1n) is 8.87. The number of oxazole rings is 1. The summed E-state index contributed by atoms with van der Waals surface area (Å²) < 4.78 is 7.10. The molecule has 0 fully saturated rings. The molecule has 0 aliphatic rings. The zero-order valence-corrected chi connectivity index (χ0v) is 15.8. The summed E-state index contributed by atoms with van der Waals surface area (Å²) in [7, 11) is 0. The first kappa shape index (κ1) is 17.7. The lowest BCUT2D eigenvalue weighted by Gasteiger charge is -2.11. The van der Waals surface area contributed by atoms with Crippen LogP contribution in [0.5, 0.6) is 0 Å². The van der Waals surface area contributed by atoms with Crippen molar-refractivity contribution in [2.75, 3.05) is 5.32 Å². The predicted octanol–water partition coefficient (Wildman–Crippen LogP) is 3.24. The smallest absolute Gasteiger partial charge is 0.224 e. The molecule has 0 bridgehead atoms. The number of hydrogen-bond donors (Lipinski definition) is 1. The van der Waals surface area contributed by atoms with Crippen molar-refractivity contribution in [1.82, 2.24) is 19.6 Å². The number of carbonyl (C=O) groups is 1. The Morgan fingerprint density at radius 2 is 2.11 bits per heavy atom. The fourth-order valence-electron chi connectivity index (χ4n) is 3.33. The van der Waals surface area contributed by atoms with Gasteiger partial charge >= 0.3 is 0 Å². The molecule has 8 nitrogen and oxygen atoms in total. The van der Waals surface area contributed by atoms with Crippen molar-refractivity contribution in [2.24, 2.45) is 0 Å². The highest BCUT2D eigenvalue weighted by molar-refractivity contribution is 5.92. The average Bonchev–Trinajstić information content (AvgIpc) is 3.23. The molecule has 0 radical (unpaired) electrons. The molecule has 0 saturated carbocycles. The normalized spacial score (nSPS) is 11.1. The molecule has 1 aromatic carbocycles. The number of nitrogens with zero attached hydrogens (tertiary/aromatic N) is 5. The lowest BCUT2D eigenvalue weighted by molar-refractivity contribution is -0.116. The van der Waals surface area contributed by atoms with Crippen molar-refractivity contribution in [2.45, 2.75) is 33.6 Å². The summed E-state index contributed by atoms with van der Waals surface area (Å²) in [6, 6.07) is 7.47. The molecule has 0 saturated heterocycles. The maximum Gasteiger partial charge on any atom is 0.224 e. The standard InChI is InChI=1S/C20H18N6O2/c1-11-16(12(2)26-20(23-11)14(9-21)10-22-26)5-7-19(27)25-15-4-6-18-17(8-15)24-13(3)28-18/h4,6,8,10H,5,7H2,1-3H3,(H,25,27). The number of rotatable bonds is 4. The Hall–Kier alpha value is -3.73. The number of hydrogen-bond acceptors (Lipinski definition) is 6. The van der Waals surface area contributed by atoms with Crippen LogP contribution in [-0.2, 0) is 11.2 Å². The molecule has 8 heteroatoms. The molecule has 4 aromatic rings. The van der Waals surface area contributed by atoms with E-state index in [0.717, 1.165) is 17.0 Å². The predicted molar refractivity (Wildman–Crippen MR) is 103 cm³/mol. The van der Waals surface area contributed by atoms with Gasteiger partial charge in [0.25, 0.3) is 0 Å². The number of nitriles is 1. The zero-order chi connectivity index (χ0) is 19.8. The van der Waals surface area contributed by atoms with Crippen molar-refractivity contribution in [3.05, 3.63) is 52.8 Å². The maximum absolute atomic E-state index is 12.4. The van der Waals surface area contributed by atoms with Gasteiger partial charge in [0.15, 0.2) is 17.1 Å². The van der Waals surface area contributed by atoms with Gasteiger partial charge in [-0.3, -0.25) is 4.79 Å². The molecule has 0 unspecified atom stereocenters. The second-order valence-corrected chi connectivity index (χ2v) is 6.63. The molecule has 0 atom stereocenters. The van der Waals surface area contributed by atoms with Gasteiger partial charge in [0.05, 0.1) is 6.20 Å². The number of aryl methyl sites for hydroxylation is 3. The van der Waals surface area contributed by atoms with Gasteiger partial charge in [-0.1, -0.05) is 0 Å². The lowest BCUT2D eigenvalue weighted by Crippen LogP contribution is -2.14. The largest absolute Gasteiger partial charge is 0.441 e. The number of carbonyl (C=O) groups excluding carboxylic acids is 1. The van der Waals surface area contributed by atoms with Gasteiger partial charge in [-0.15, -0.1) is 0 Å². The van der Waals surface area contributed by atoms with Gasteiger partial charge < -0.3 is 9.73 Å². The number of anilines is 1. The van der Waals surface area contributed by atoms with Gasteiger partial charge in [0.1, 0.15) is 17.1 Å². The Labute approximate surface area is 160 Å². The molecular formula is C20H18N6O2. The van der Waals surface area contributed by atoms with Crippen molar-refractivity contribution in [3.63, 3.8) is 0 Å². The number of aromatic nitrogens is 4. The van der Waals surface area contributed by atoms with Crippen LogP contribution >= 0.6 is 0 Å². The van der Waals surface area contributed by atoms with Gasteiger partial charge in [-0.2, -0.15) is 10.4 Å². The van der Waals surface area contributed by atoms with Crippen LogP contribution in [0.25, 0.3) is 16.7 Å². The second-order valence-electron chi connectivity index (χ2n) is 6.63. The Morgan fingerprint density at radius 1 is 1.29 bits per heavy atom. The molecule has 140 valence electrons. The Balaban J connectivity index is 1.50. The van der Waals surface area contributed by atoms with Crippen molar-refractivity contribution in [1.29, 1.82) is 5.26 Å². The van der Waals surface area contributed by atoms with Crippen LogP contribution in [-0.4, -0.2) is 25.5 Å². The van der Waals surface area contributed by atoms with E-state index >= 15 is 0 Å². The third-order valence-corrected chi connectivity index (χ3v) is 4.71. The van der Waals surface area contributed by atoms with Gasteiger partial charge in [0.2, 0.25) is 5.91 Å². The Bertz CT molecular complexity index is 1260. The van der Waals surface area contributed by atoms with E-state index in [-0.39, 0.29) is 5.91 Å². The first-order chi connectivity index (χ1) is 13.5. The Morgan fingerprint density at radius 3 is 2.89 bits per heavy atom. The number of fused-ring (bicyclic) bond motifs is 2. The van der Waals surface area contributed by atoms with Crippen LogP contribution < -0.4 is 5.32 Å². The van der Waals surface area contributed by atoms with Crippen LogP contribution in [0.2, 0.25) is 0 Å². The van der Waals surface area contributed by atoms with Crippen LogP contribution in [0.3, 0.4) is 0 Å². The highest BCUT2D eigenvalue weighted by Crippen LogP contribution is 2.21. The van der Waals surface area contributed by atoms with Crippen LogP contribution in [0.4, 0.5) is 5.69 Å². The van der Waals surface area contributed by atoms with E-state index in [9.17, 15) is 4.79 Å². The molecule has 0 aliphatic carbocycles. The van der Waals surface area contributed by atoms with Crippen LogP contribution in [0, 0.1) is 32.1 Å². The summed E-state index contributed by atoms with van der Waals surface area (Å²) in [5.74, 6) is 0.488. The fraction of sp³-hybridized carbons (Fsp3) is 0.250. The molecule has 4 rings (SSSR count). The second kappa shape index (κ2) is 6.78. The molecule has 3 aromatic heterocycles. The van der Waals surface area contributed by atoms with E-state index in [2.05, 4.69) is 26.5 Å². The van der Waals surface area contributed by atoms with Crippen LogP contribution in [0.1, 0.15) is 34.8 Å². The summed E-state index contributed by atoms with van der Waals surface area (Å²) in [4.78, 5) is 21.2. The van der Waals surface area contributed by atoms with E-state index in [1.165, 1.54) is 6.20 Å². The number of benzene rings is 1. The monoisotopic (exact) mass is 374 g/mol. The lowest BCUT2D eigenvalue weighted by atomic mass is 10.1. The van der Waals surface area contributed by atoms with Crippen molar-refractivity contribution in [3.8, 4) is 6.07 Å². The zero-order valence-electron chi connectivity index (χ0n) is 15.8. The summed E-state index contributed by atoms with van der Waals surface area (Å²) in [6.45, 7) is 5.59. The quantitative estimate of drug-likeness (QED) is 0.587. The minimum absolute atomic E-state index is 0.100. The molecule has 1 N–H and O–H groups in total. The summed E-state index contributed by atoms with van der Waals surface area (Å²) in [5.41, 5.74) is 5.71. The van der Waals surface area contributed by atoms with E-state index in [0.29, 0.717) is 46.7 Å². The van der Waals surface area contributed by atoms with Gasteiger partial charge in [-0.05, 0) is 44.0 Å². The average molecular weight is 374 g/mol. The molecule has 0 spiro atoms. The van der Waals surface area contributed by atoms with Crippen molar-refractivity contribution < 1.29 is 9.21 Å². The van der Waals surface area contributed by atoms with E-state index in [1.54, 1.807) is 29.6 Å².